The van der Waals surface area contributed by atoms with E-state index >= 15 is 0 Å². The van der Waals surface area contributed by atoms with E-state index in [1.807, 2.05) is 18.2 Å². The van der Waals surface area contributed by atoms with E-state index in [1.165, 1.54) is 6.07 Å². The molecule has 0 aliphatic rings. The zero-order valence-electron chi connectivity index (χ0n) is 12.2. The summed E-state index contributed by atoms with van der Waals surface area (Å²) in [5, 5.41) is 0.0499. The predicted molar refractivity (Wildman–Crippen MR) is 84.4 cm³/mol. The first-order chi connectivity index (χ1) is 9.97. The fraction of sp³-hybridized carbons (Fsp3) is 0.278. The lowest BCUT2D eigenvalue weighted by molar-refractivity contribution is 0.0991. The van der Waals surface area contributed by atoms with Crippen molar-refractivity contribution in [2.75, 3.05) is 0 Å². The minimum Gasteiger partial charge on any atom is -0.294 e. The molecular weight excluding hydrogens is 287 g/mol. The molecule has 0 aliphatic carbocycles. The van der Waals surface area contributed by atoms with Crippen molar-refractivity contribution in [3.05, 3.63) is 70.0 Å². The highest BCUT2D eigenvalue weighted by molar-refractivity contribution is 6.30. The number of halogens is 2. The monoisotopic (exact) mass is 304 g/mol. The maximum absolute atomic E-state index is 13.8. The lowest BCUT2D eigenvalue weighted by Crippen LogP contribution is -2.06. The molecule has 2 rings (SSSR count). The van der Waals surface area contributed by atoms with Gasteiger partial charge >= 0.3 is 0 Å². The molecule has 0 aromatic heterocycles. The Hall–Kier alpha value is -1.67. The van der Waals surface area contributed by atoms with E-state index in [9.17, 15) is 9.18 Å². The summed E-state index contributed by atoms with van der Waals surface area (Å²) in [4.78, 5) is 12.3. The summed E-state index contributed by atoms with van der Waals surface area (Å²) in [5.74, 6) is -0.0756. The van der Waals surface area contributed by atoms with Gasteiger partial charge < -0.3 is 0 Å². The van der Waals surface area contributed by atoms with Crippen LogP contribution in [0.5, 0.6) is 0 Å². The second kappa shape index (κ2) is 6.86. The zero-order valence-corrected chi connectivity index (χ0v) is 13.0. The minimum absolute atomic E-state index is 0.0253. The van der Waals surface area contributed by atoms with Crippen LogP contribution in [0, 0.1) is 11.7 Å². The van der Waals surface area contributed by atoms with E-state index < -0.39 is 5.82 Å². The number of ketones is 1. The van der Waals surface area contributed by atoms with Crippen molar-refractivity contribution >= 4 is 17.4 Å². The summed E-state index contributed by atoms with van der Waals surface area (Å²) >= 11 is 5.74. The maximum Gasteiger partial charge on any atom is 0.167 e. The second-order valence-electron chi connectivity index (χ2n) is 5.61. The molecule has 2 aromatic rings. The van der Waals surface area contributed by atoms with Gasteiger partial charge in [0.05, 0.1) is 5.02 Å². The standard InChI is InChI=1S/C18H18ClFO/c1-12(2)9-13-5-3-6-14(10-13)17(21)11-15-7-4-8-16(19)18(15)20/h3-8,10,12H,9,11H2,1-2H3. The number of rotatable bonds is 5. The molecule has 21 heavy (non-hydrogen) atoms. The van der Waals surface area contributed by atoms with E-state index in [0.717, 1.165) is 12.0 Å². The minimum atomic E-state index is -0.508. The molecule has 0 spiro atoms. The SMILES string of the molecule is CC(C)Cc1cccc(C(=O)Cc2cccc(Cl)c2F)c1. The highest BCUT2D eigenvalue weighted by Crippen LogP contribution is 2.20. The fourth-order valence-electron chi connectivity index (χ4n) is 2.30. The molecule has 0 aliphatic heterocycles. The molecule has 2 aromatic carbocycles. The highest BCUT2D eigenvalue weighted by Gasteiger charge is 2.13. The van der Waals surface area contributed by atoms with Gasteiger partial charge in [-0.15, -0.1) is 0 Å². The molecule has 110 valence electrons. The van der Waals surface area contributed by atoms with Gasteiger partial charge in [0.2, 0.25) is 0 Å². The van der Waals surface area contributed by atoms with E-state index in [-0.39, 0.29) is 17.2 Å². The van der Waals surface area contributed by atoms with Gasteiger partial charge in [-0.3, -0.25) is 4.79 Å². The number of hydrogen-bond donors (Lipinski definition) is 0. The van der Waals surface area contributed by atoms with E-state index in [1.54, 1.807) is 18.2 Å². The Bertz CT molecular complexity index is 649. The van der Waals surface area contributed by atoms with Crippen LogP contribution in [0.1, 0.15) is 35.3 Å². The Morgan fingerprint density at radius 1 is 1.19 bits per heavy atom. The van der Waals surface area contributed by atoms with E-state index in [0.29, 0.717) is 17.0 Å². The third kappa shape index (κ3) is 4.15. The number of benzene rings is 2. The molecule has 0 saturated heterocycles. The largest absolute Gasteiger partial charge is 0.294 e. The highest BCUT2D eigenvalue weighted by atomic mass is 35.5. The van der Waals surface area contributed by atoms with Gasteiger partial charge in [-0.25, -0.2) is 4.39 Å². The third-order valence-corrected chi connectivity index (χ3v) is 3.57. The molecule has 1 nitrogen and oxygen atoms in total. The molecule has 0 N–H and O–H groups in total. The topological polar surface area (TPSA) is 17.1 Å². The van der Waals surface area contributed by atoms with Crippen LogP contribution in [0.25, 0.3) is 0 Å². The Kier molecular flexibility index (Phi) is 5.13. The summed E-state index contributed by atoms with van der Waals surface area (Å²) in [6, 6.07) is 12.3. The van der Waals surface area contributed by atoms with Crippen molar-refractivity contribution in [1.82, 2.24) is 0 Å². The van der Waals surface area contributed by atoms with Gasteiger partial charge in [0, 0.05) is 12.0 Å². The Morgan fingerprint density at radius 3 is 2.62 bits per heavy atom. The average Bonchev–Trinajstić information content (AvgIpc) is 2.43. The number of carbonyl (C=O) groups is 1. The van der Waals surface area contributed by atoms with Crippen LogP contribution in [0.3, 0.4) is 0 Å². The third-order valence-electron chi connectivity index (χ3n) is 3.28. The first kappa shape index (κ1) is 15.7. The zero-order chi connectivity index (χ0) is 15.4. The van der Waals surface area contributed by atoms with Crippen molar-refractivity contribution < 1.29 is 9.18 Å². The first-order valence-electron chi connectivity index (χ1n) is 7.02. The molecule has 0 radical (unpaired) electrons. The summed E-state index contributed by atoms with van der Waals surface area (Å²) in [7, 11) is 0. The maximum atomic E-state index is 13.8. The van der Waals surface area contributed by atoms with Crippen molar-refractivity contribution in [2.45, 2.75) is 26.7 Å². The van der Waals surface area contributed by atoms with Crippen LogP contribution in [0.2, 0.25) is 5.02 Å². The van der Waals surface area contributed by atoms with E-state index in [2.05, 4.69) is 13.8 Å². The number of hydrogen-bond acceptors (Lipinski definition) is 1. The Labute approximate surface area is 129 Å². The van der Waals surface area contributed by atoms with Gasteiger partial charge in [0.15, 0.2) is 5.78 Å². The molecule has 0 saturated carbocycles. The summed E-state index contributed by atoms with van der Waals surface area (Å²) in [6.07, 6.45) is 0.949. The second-order valence-corrected chi connectivity index (χ2v) is 6.02. The number of carbonyl (C=O) groups excluding carboxylic acids is 1. The molecule has 0 amide bonds. The summed E-state index contributed by atoms with van der Waals surface area (Å²) < 4.78 is 13.8. The van der Waals surface area contributed by atoms with Crippen LogP contribution in [0.4, 0.5) is 4.39 Å². The van der Waals surface area contributed by atoms with Gasteiger partial charge in [-0.1, -0.05) is 55.8 Å². The normalized spacial score (nSPS) is 10.9. The van der Waals surface area contributed by atoms with Crippen molar-refractivity contribution in [3.8, 4) is 0 Å². The quantitative estimate of drug-likeness (QED) is 0.702. The molecule has 0 fully saturated rings. The van der Waals surface area contributed by atoms with Gasteiger partial charge in [-0.2, -0.15) is 0 Å². The van der Waals surface area contributed by atoms with Crippen molar-refractivity contribution in [2.24, 2.45) is 5.92 Å². The van der Waals surface area contributed by atoms with Crippen LogP contribution in [0.15, 0.2) is 42.5 Å². The van der Waals surface area contributed by atoms with Crippen LogP contribution in [-0.2, 0) is 12.8 Å². The fourth-order valence-corrected chi connectivity index (χ4v) is 2.50. The molecule has 0 atom stereocenters. The first-order valence-corrected chi connectivity index (χ1v) is 7.40. The lowest BCUT2D eigenvalue weighted by atomic mass is 9.97. The van der Waals surface area contributed by atoms with Crippen LogP contribution >= 0.6 is 11.6 Å². The Morgan fingerprint density at radius 2 is 1.90 bits per heavy atom. The van der Waals surface area contributed by atoms with Crippen LogP contribution in [-0.4, -0.2) is 5.78 Å². The summed E-state index contributed by atoms with van der Waals surface area (Å²) in [5.41, 5.74) is 2.08. The van der Waals surface area contributed by atoms with Gasteiger partial charge in [-0.05, 0) is 35.6 Å². The van der Waals surface area contributed by atoms with Crippen LogP contribution < -0.4 is 0 Å². The smallest absolute Gasteiger partial charge is 0.167 e. The van der Waals surface area contributed by atoms with Gasteiger partial charge in [0.25, 0.3) is 0 Å². The molecule has 0 bridgehead atoms. The molecular formula is C18H18ClFO. The Balaban J connectivity index is 2.18. The van der Waals surface area contributed by atoms with Gasteiger partial charge in [0.1, 0.15) is 5.82 Å². The van der Waals surface area contributed by atoms with E-state index in [4.69, 9.17) is 11.6 Å². The average molecular weight is 305 g/mol. The summed E-state index contributed by atoms with van der Waals surface area (Å²) in [6.45, 7) is 4.27. The number of Topliss-reactive ketones (excluding diaryl/α,β-unsaturated/α-hetero) is 1. The predicted octanol–water partition coefficient (Wildman–Crippen LogP) is 5.10. The molecule has 0 unspecified atom stereocenters. The molecule has 0 heterocycles. The lowest BCUT2D eigenvalue weighted by Gasteiger charge is -2.08. The van der Waals surface area contributed by atoms with Crippen molar-refractivity contribution in [1.29, 1.82) is 0 Å². The molecule has 3 heteroatoms. The van der Waals surface area contributed by atoms with Crippen molar-refractivity contribution in [3.63, 3.8) is 0 Å².